The molecule has 0 aliphatic carbocycles. The van der Waals surface area contributed by atoms with Crippen molar-refractivity contribution in [1.29, 1.82) is 0 Å². The average molecular weight is 481 g/mol. The lowest BCUT2D eigenvalue weighted by Crippen LogP contribution is -2.52. The SMILES string of the molecule is O=S(=O)(c1ccc(F)c(F)c1F)N1CCSC12CCN(c1cnc3ccccc3n1)CC2. The number of rotatable bonds is 3. The summed E-state index contributed by atoms with van der Waals surface area (Å²) in [5.74, 6) is -3.63. The molecule has 1 aromatic heterocycles. The molecule has 2 aliphatic heterocycles. The van der Waals surface area contributed by atoms with Crippen molar-refractivity contribution >= 4 is 38.6 Å². The van der Waals surface area contributed by atoms with Gasteiger partial charge in [0, 0.05) is 25.4 Å². The Labute approximate surface area is 187 Å². The Balaban J connectivity index is 1.40. The van der Waals surface area contributed by atoms with Gasteiger partial charge in [0.25, 0.3) is 0 Å². The highest BCUT2D eigenvalue weighted by atomic mass is 32.2. The fourth-order valence-corrected chi connectivity index (χ4v) is 8.01. The highest BCUT2D eigenvalue weighted by Crippen LogP contribution is 2.47. The van der Waals surface area contributed by atoms with E-state index in [2.05, 4.69) is 9.97 Å². The smallest absolute Gasteiger partial charge is 0.247 e. The maximum absolute atomic E-state index is 14.3. The van der Waals surface area contributed by atoms with Crippen LogP contribution in [-0.2, 0) is 10.0 Å². The molecule has 168 valence electrons. The van der Waals surface area contributed by atoms with E-state index in [0.717, 1.165) is 17.1 Å². The number of thioether (sulfide) groups is 1. The molecule has 5 rings (SSSR count). The largest absolute Gasteiger partial charge is 0.355 e. The molecule has 0 amide bonds. The first kappa shape index (κ1) is 21.5. The summed E-state index contributed by atoms with van der Waals surface area (Å²) in [5.41, 5.74) is 1.57. The molecular weight excluding hydrogens is 461 g/mol. The van der Waals surface area contributed by atoms with E-state index in [4.69, 9.17) is 0 Å². The van der Waals surface area contributed by atoms with Gasteiger partial charge < -0.3 is 4.90 Å². The molecule has 6 nitrogen and oxygen atoms in total. The zero-order valence-corrected chi connectivity index (χ0v) is 18.5. The normalized spacial score (nSPS) is 19.2. The zero-order valence-electron chi connectivity index (χ0n) is 16.8. The van der Waals surface area contributed by atoms with Crippen LogP contribution in [0.15, 0.2) is 47.5 Å². The number of halogens is 3. The Hall–Kier alpha value is -2.37. The van der Waals surface area contributed by atoms with E-state index < -0.39 is 37.2 Å². The number of aromatic nitrogens is 2. The lowest BCUT2D eigenvalue weighted by atomic mass is 10.0. The van der Waals surface area contributed by atoms with Crippen LogP contribution in [0.1, 0.15) is 12.8 Å². The molecule has 0 unspecified atom stereocenters. The van der Waals surface area contributed by atoms with Gasteiger partial charge in [0.15, 0.2) is 17.5 Å². The first-order chi connectivity index (χ1) is 15.3. The van der Waals surface area contributed by atoms with E-state index in [1.807, 2.05) is 29.2 Å². The number of hydrogen-bond donors (Lipinski definition) is 0. The maximum Gasteiger partial charge on any atom is 0.247 e. The van der Waals surface area contributed by atoms with Gasteiger partial charge in [0.2, 0.25) is 10.0 Å². The van der Waals surface area contributed by atoms with Crippen molar-refractivity contribution in [1.82, 2.24) is 14.3 Å². The van der Waals surface area contributed by atoms with E-state index in [9.17, 15) is 21.6 Å². The molecule has 2 fully saturated rings. The van der Waals surface area contributed by atoms with Gasteiger partial charge >= 0.3 is 0 Å². The Morgan fingerprint density at radius 1 is 0.938 bits per heavy atom. The summed E-state index contributed by atoms with van der Waals surface area (Å²) < 4.78 is 69.1. The van der Waals surface area contributed by atoms with Crippen molar-refractivity contribution in [2.24, 2.45) is 0 Å². The molecule has 2 aromatic carbocycles. The van der Waals surface area contributed by atoms with Crippen LogP contribution in [0.2, 0.25) is 0 Å². The number of sulfonamides is 1. The topological polar surface area (TPSA) is 66.4 Å². The minimum atomic E-state index is -4.34. The van der Waals surface area contributed by atoms with E-state index in [1.54, 1.807) is 6.20 Å². The van der Waals surface area contributed by atoms with Gasteiger partial charge in [-0.2, -0.15) is 4.31 Å². The van der Waals surface area contributed by atoms with Crippen molar-refractivity contribution in [3.63, 3.8) is 0 Å². The van der Waals surface area contributed by atoms with Crippen LogP contribution < -0.4 is 4.90 Å². The molecular formula is C21H19F3N4O2S2. The number of piperidine rings is 1. The Kier molecular flexibility index (Phi) is 5.30. The molecule has 2 saturated heterocycles. The quantitative estimate of drug-likeness (QED) is 0.532. The molecule has 0 bridgehead atoms. The van der Waals surface area contributed by atoms with Crippen LogP contribution in [0.4, 0.5) is 19.0 Å². The summed E-state index contributed by atoms with van der Waals surface area (Å²) in [7, 11) is -4.34. The number of anilines is 1. The van der Waals surface area contributed by atoms with Crippen LogP contribution in [0.5, 0.6) is 0 Å². The number of nitrogens with zero attached hydrogens (tertiary/aromatic N) is 4. The van der Waals surface area contributed by atoms with Gasteiger partial charge in [-0.25, -0.2) is 26.6 Å². The summed E-state index contributed by atoms with van der Waals surface area (Å²) in [6.07, 6.45) is 2.67. The molecule has 3 heterocycles. The first-order valence-corrected chi connectivity index (χ1v) is 12.5. The van der Waals surface area contributed by atoms with Crippen molar-refractivity contribution in [2.75, 3.05) is 30.3 Å². The van der Waals surface area contributed by atoms with E-state index in [1.165, 1.54) is 16.1 Å². The van der Waals surface area contributed by atoms with Crippen molar-refractivity contribution < 1.29 is 21.6 Å². The molecule has 0 radical (unpaired) electrons. The molecule has 1 spiro atoms. The summed E-state index contributed by atoms with van der Waals surface area (Å²) >= 11 is 1.50. The molecule has 0 atom stereocenters. The second-order valence-electron chi connectivity index (χ2n) is 7.75. The van der Waals surface area contributed by atoms with E-state index >= 15 is 0 Å². The predicted molar refractivity (Wildman–Crippen MR) is 116 cm³/mol. The zero-order chi connectivity index (χ0) is 22.5. The van der Waals surface area contributed by atoms with E-state index in [-0.39, 0.29) is 6.54 Å². The lowest BCUT2D eigenvalue weighted by molar-refractivity contribution is 0.264. The summed E-state index contributed by atoms with van der Waals surface area (Å²) in [6, 6.07) is 8.98. The Morgan fingerprint density at radius 2 is 1.66 bits per heavy atom. The molecule has 11 heteroatoms. The van der Waals surface area contributed by atoms with Crippen LogP contribution in [0.25, 0.3) is 11.0 Å². The molecule has 3 aromatic rings. The predicted octanol–water partition coefficient (Wildman–Crippen LogP) is 3.78. The van der Waals surface area contributed by atoms with Crippen molar-refractivity contribution in [3.8, 4) is 0 Å². The monoisotopic (exact) mass is 480 g/mol. The van der Waals surface area contributed by atoms with Gasteiger partial charge in [0.1, 0.15) is 10.7 Å². The van der Waals surface area contributed by atoms with Crippen LogP contribution >= 0.6 is 11.8 Å². The minimum absolute atomic E-state index is 0.182. The van der Waals surface area contributed by atoms with Crippen molar-refractivity contribution in [3.05, 3.63) is 60.0 Å². The highest BCUT2D eigenvalue weighted by molar-refractivity contribution is 8.02. The number of fused-ring (bicyclic) bond motifs is 1. The fourth-order valence-electron chi connectivity index (χ4n) is 4.34. The van der Waals surface area contributed by atoms with Gasteiger partial charge in [-0.15, -0.1) is 11.8 Å². The molecule has 0 N–H and O–H groups in total. The maximum atomic E-state index is 14.3. The lowest BCUT2D eigenvalue weighted by Gasteiger charge is -2.43. The number of hydrogen-bond acceptors (Lipinski definition) is 6. The van der Waals surface area contributed by atoms with Crippen LogP contribution in [0.3, 0.4) is 0 Å². The Bertz CT molecular complexity index is 1300. The average Bonchev–Trinajstić information content (AvgIpc) is 3.21. The highest BCUT2D eigenvalue weighted by Gasteiger charge is 2.50. The first-order valence-electron chi connectivity index (χ1n) is 10.1. The fraction of sp³-hybridized carbons (Fsp3) is 0.333. The Morgan fingerprint density at radius 3 is 2.41 bits per heavy atom. The third-order valence-electron chi connectivity index (χ3n) is 5.99. The van der Waals surface area contributed by atoms with Crippen LogP contribution in [-0.4, -0.2) is 52.9 Å². The summed E-state index contributed by atoms with van der Waals surface area (Å²) in [5, 5.41) is 0. The third kappa shape index (κ3) is 3.43. The molecule has 32 heavy (non-hydrogen) atoms. The number of benzene rings is 2. The standard InChI is InChI=1S/C21H19F3N4O2S2/c22-14-5-6-17(20(24)19(14)23)32(29,30)28-11-12-31-21(28)7-9-27(10-8-21)18-13-25-15-3-1-2-4-16(15)26-18/h1-6,13H,7-12H2. The molecule has 0 saturated carbocycles. The van der Waals surface area contributed by atoms with E-state index in [0.29, 0.717) is 43.6 Å². The second-order valence-corrected chi connectivity index (χ2v) is 11.0. The number of para-hydroxylation sites is 2. The summed E-state index contributed by atoms with van der Waals surface area (Å²) in [6.45, 7) is 1.25. The summed E-state index contributed by atoms with van der Waals surface area (Å²) in [4.78, 5) is 9.55. The molecule has 2 aliphatic rings. The van der Waals surface area contributed by atoms with Gasteiger partial charge in [0.05, 0.1) is 22.1 Å². The van der Waals surface area contributed by atoms with Crippen LogP contribution in [0, 0.1) is 17.5 Å². The van der Waals surface area contributed by atoms with Crippen molar-refractivity contribution in [2.45, 2.75) is 22.6 Å². The second kappa shape index (κ2) is 7.89. The van der Waals surface area contributed by atoms with Gasteiger partial charge in [-0.05, 0) is 37.1 Å². The third-order valence-corrected chi connectivity index (χ3v) is 9.64. The minimum Gasteiger partial charge on any atom is -0.355 e. The van der Waals surface area contributed by atoms with Gasteiger partial charge in [-0.1, -0.05) is 12.1 Å². The van der Waals surface area contributed by atoms with Gasteiger partial charge in [-0.3, -0.25) is 4.98 Å².